The van der Waals surface area contributed by atoms with Gasteiger partial charge in [-0.25, -0.2) is 9.59 Å². The van der Waals surface area contributed by atoms with E-state index in [9.17, 15) is 9.59 Å². The molecule has 0 fully saturated rings. The van der Waals surface area contributed by atoms with Crippen LogP contribution in [0.4, 0.5) is 4.79 Å². The van der Waals surface area contributed by atoms with Crippen molar-refractivity contribution in [3.05, 3.63) is 0 Å². The molecule has 0 aromatic carbocycles. The first-order valence-electron chi connectivity index (χ1n) is 5.85. The summed E-state index contributed by atoms with van der Waals surface area (Å²) >= 11 is 0. The van der Waals surface area contributed by atoms with E-state index in [1.165, 1.54) is 0 Å². The van der Waals surface area contributed by atoms with E-state index in [0.29, 0.717) is 0 Å². The second kappa shape index (κ2) is 6.47. The van der Waals surface area contributed by atoms with Crippen molar-refractivity contribution in [3.63, 3.8) is 0 Å². The zero-order chi connectivity index (χ0) is 13.6. The van der Waals surface area contributed by atoms with Gasteiger partial charge in [-0.3, -0.25) is 0 Å². The highest BCUT2D eigenvalue weighted by molar-refractivity contribution is 5.81. The third-order valence-electron chi connectivity index (χ3n) is 1.98. The molecule has 5 nitrogen and oxygen atoms in total. The van der Waals surface area contributed by atoms with Crippen molar-refractivity contribution in [2.75, 3.05) is 0 Å². The van der Waals surface area contributed by atoms with Gasteiger partial charge in [0.05, 0.1) is 6.10 Å². The largest absolute Gasteiger partial charge is 0.461 e. The summed E-state index contributed by atoms with van der Waals surface area (Å²) < 4.78 is 10.1. The van der Waals surface area contributed by atoms with Gasteiger partial charge in [0.25, 0.3) is 0 Å². The van der Waals surface area contributed by atoms with E-state index in [1.807, 2.05) is 6.92 Å². The maximum atomic E-state index is 11.5. The van der Waals surface area contributed by atoms with Gasteiger partial charge in [0.1, 0.15) is 11.6 Å². The van der Waals surface area contributed by atoms with Crippen molar-refractivity contribution in [3.8, 4) is 0 Å². The molecular formula is C12H23NO4. The summed E-state index contributed by atoms with van der Waals surface area (Å²) in [5.74, 6) is -0.454. The molecular weight excluding hydrogens is 222 g/mol. The second-order valence-corrected chi connectivity index (χ2v) is 5.02. The minimum Gasteiger partial charge on any atom is -0.461 e. The fourth-order valence-electron chi connectivity index (χ4n) is 0.927. The monoisotopic (exact) mass is 245 g/mol. The minimum atomic E-state index is -0.709. The van der Waals surface area contributed by atoms with Crippen LogP contribution < -0.4 is 5.32 Å². The first kappa shape index (κ1) is 15.7. The smallest absolute Gasteiger partial charge is 0.408 e. The van der Waals surface area contributed by atoms with Gasteiger partial charge < -0.3 is 14.8 Å². The molecule has 0 spiro atoms. The molecule has 0 radical (unpaired) electrons. The average Bonchev–Trinajstić information content (AvgIpc) is 2.14. The van der Waals surface area contributed by atoms with Crippen molar-refractivity contribution in [1.82, 2.24) is 5.32 Å². The number of amides is 1. The third kappa shape index (κ3) is 7.60. The molecule has 1 N–H and O–H groups in total. The van der Waals surface area contributed by atoms with Gasteiger partial charge >= 0.3 is 12.1 Å². The highest BCUT2D eigenvalue weighted by atomic mass is 16.6. The summed E-state index contributed by atoms with van der Waals surface area (Å²) in [6.07, 6.45) is -0.0262. The number of carbonyl (C=O) groups excluding carboxylic acids is 2. The van der Waals surface area contributed by atoms with Gasteiger partial charge in [0, 0.05) is 0 Å². The summed E-state index contributed by atoms with van der Waals surface area (Å²) in [7, 11) is 0. The Labute approximate surface area is 103 Å². The lowest BCUT2D eigenvalue weighted by Gasteiger charge is -2.22. The number of ether oxygens (including phenoxy) is 2. The highest BCUT2D eigenvalue weighted by Crippen LogP contribution is 2.07. The molecule has 0 aromatic heterocycles. The number of hydrogen-bond acceptors (Lipinski definition) is 4. The lowest BCUT2D eigenvalue weighted by Crippen LogP contribution is -2.43. The van der Waals surface area contributed by atoms with E-state index >= 15 is 0 Å². The van der Waals surface area contributed by atoms with Gasteiger partial charge in [0.15, 0.2) is 0 Å². The first-order chi connectivity index (χ1) is 7.65. The third-order valence-corrected chi connectivity index (χ3v) is 1.98. The van der Waals surface area contributed by atoms with Crippen LogP contribution in [-0.4, -0.2) is 29.8 Å². The number of hydrogen-bond donors (Lipinski definition) is 1. The number of nitrogens with one attached hydrogen (secondary N) is 1. The van der Waals surface area contributed by atoms with Crippen LogP contribution in [0.2, 0.25) is 0 Å². The van der Waals surface area contributed by atoms with E-state index in [2.05, 4.69) is 5.32 Å². The Balaban J connectivity index is 4.12. The number of esters is 1. The molecule has 17 heavy (non-hydrogen) atoms. The molecule has 0 saturated heterocycles. The fourth-order valence-corrected chi connectivity index (χ4v) is 0.927. The zero-order valence-corrected chi connectivity index (χ0v) is 11.5. The lowest BCUT2D eigenvalue weighted by molar-refractivity contribution is -0.150. The van der Waals surface area contributed by atoms with Crippen LogP contribution in [0.3, 0.4) is 0 Å². The van der Waals surface area contributed by atoms with Crippen LogP contribution in [0.25, 0.3) is 0 Å². The highest BCUT2D eigenvalue weighted by Gasteiger charge is 2.22. The molecule has 0 unspecified atom stereocenters. The Hall–Kier alpha value is -1.26. The van der Waals surface area contributed by atoms with Gasteiger partial charge in [-0.15, -0.1) is 0 Å². The minimum absolute atomic E-state index is 0.148. The Bertz CT molecular complexity index is 270. The molecule has 100 valence electrons. The van der Waals surface area contributed by atoms with E-state index in [-0.39, 0.29) is 6.10 Å². The molecule has 5 heteroatoms. The van der Waals surface area contributed by atoms with E-state index in [0.717, 1.165) is 6.42 Å². The van der Waals surface area contributed by atoms with Crippen LogP contribution in [0, 0.1) is 0 Å². The van der Waals surface area contributed by atoms with E-state index in [1.54, 1.807) is 34.6 Å². The summed E-state index contributed by atoms with van der Waals surface area (Å²) in [5.41, 5.74) is -0.579. The molecule has 2 atom stereocenters. The van der Waals surface area contributed by atoms with E-state index in [4.69, 9.17) is 9.47 Å². The van der Waals surface area contributed by atoms with Gasteiger partial charge in [-0.05, 0) is 41.0 Å². The zero-order valence-electron chi connectivity index (χ0n) is 11.5. The molecule has 0 bridgehead atoms. The normalized spacial score (nSPS) is 14.7. The van der Waals surface area contributed by atoms with Crippen molar-refractivity contribution in [1.29, 1.82) is 0 Å². The average molecular weight is 245 g/mol. The number of carbonyl (C=O) groups is 2. The number of alkyl carbamates (subject to hydrolysis) is 1. The van der Waals surface area contributed by atoms with Gasteiger partial charge in [0.2, 0.25) is 0 Å². The maximum Gasteiger partial charge on any atom is 0.408 e. The van der Waals surface area contributed by atoms with E-state index < -0.39 is 23.7 Å². The van der Waals surface area contributed by atoms with Crippen LogP contribution >= 0.6 is 0 Å². The summed E-state index contributed by atoms with van der Waals surface area (Å²) in [4.78, 5) is 22.9. The second-order valence-electron chi connectivity index (χ2n) is 5.02. The van der Waals surface area contributed by atoms with Crippen LogP contribution in [0.5, 0.6) is 0 Å². The van der Waals surface area contributed by atoms with Crippen molar-refractivity contribution in [2.24, 2.45) is 0 Å². The fraction of sp³-hybridized carbons (Fsp3) is 0.833. The summed E-state index contributed by atoms with van der Waals surface area (Å²) in [6.45, 7) is 10.6. The van der Waals surface area contributed by atoms with Gasteiger partial charge in [-0.2, -0.15) is 0 Å². The molecule has 0 aromatic rings. The van der Waals surface area contributed by atoms with Gasteiger partial charge in [-0.1, -0.05) is 6.92 Å². The standard InChI is InChI=1S/C12H23NO4/c1-7-8(2)16-10(14)9(3)13-11(15)17-12(4,5)6/h8-9H,7H2,1-6H3,(H,13,15)/t8-,9+/m0/s1. The quantitative estimate of drug-likeness (QED) is 0.771. The topological polar surface area (TPSA) is 64.6 Å². The molecule has 1 amide bonds. The van der Waals surface area contributed by atoms with Crippen molar-refractivity contribution >= 4 is 12.1 Å². The molecule has 0 heterocycles. The predicted octanol–water partition coefficient (Wildman–Crippen LogP) is 2.24. The molecule has 0 saturated carbocycles. The Morgan fingerprint density at radius 2 is 1.76 bits per heavy atom. The first-order valence-corrected chi connectivity index (χ1v) is 5.85. The Morgan fingerprint density at radius 1 is 1.24 bits per heavy atom. The SMILES string of the molecule is CC[C@H](C)OC(=O)[C@@H](C)NC(=O)OC(C)(C)C. The van der Waals surface area contributed by atoms with Crippen LogP contribution in [0.1, 0.15) is 48.0 Å². The van der Waals surface area contributed by atoms with Crippen LogP contribution in [-0.2, 0) is 14.3 Å². The Kier molecular flexibility index (Phi) is 5.99. The predicted molar refractivity (Wildman–Crippen MR) is 64.7 cm³/mol. The van der Waals surface area contributed by atoms with Crippen molar-refractivity contribution in [2.45, 2.75) is 65.7 Å². The van der Waals surface area contributed by atoms with Crippen LogP contribution in [0.15, 0.2) is 0 Å². The summed E-state index contributed by atoms with van der Waals surface area (Å²) in [6, 6.07) is -0.709. The molecule has 0 rings (SSSR count). The maximum absolute atomic E-state index is 11.5. The Morgan fingerprint density at radius 3 is 2.18 bits per heavy atom. The molecule has 0 aliphatic heterocycles. The summed E-state index contributed by atoms with van der Waals surface area (Å²) in [5, 5.41) is 2.43. The molecule has 0 aliphatic carbocycles. The lowest BCUT2D eigenvalue weighted by atomic mass is 10.2. The van der Waals surface area contributed by atoms with Crippen molar-refractivity contribution < 1.29 is 19.1 Å². The number of rotatable bonds is 4. The molecule has 0 aliphatic rings.